The molecule has 0 aromatic heterocycles. The third-order valence-electron chi connectivity index (χ3n) is 1.45. The lowest BCUT2D eigenvalue weighted by atomic mass is 10.4. The summed E-state index contributed by atoms with van der Waals surface area (Å²) >= 11 is 0. The van der Waals surface area contributed by atoms with E-state index in [1.165, 1.54) is 0 Å². The first-order chi connectivity index (χ1) is 5.20. The first kappa shape index (κ1) is 9.79. The zero-order valence-electron chi connectivity index (χ0n) is 6.13. The van der Waals surface area contributed by atoms with Gasteiger partial charge >= 0.3 is 6.18 Å². The van der Waals surface area contributed by atoms with E-state index in [4.69, 9.17) is 0 Å². The summed E-state index contributed by atoms with van der Waals surface area (Å²) in [5, 5.41) is 0. The Kier molecular flexibility index (Phi) is 2.12. The van der Waals surface area contributed by atoms with E-state index in [1.807, 2.05) is 0 Å². The molecule has 0 aromatic carbocycles. The summed E-state index contributed by atoms with van der Waals surface area (Å²) in [5.74, 6) is -1.60. The van der Waals surface area contributed by atoms with Gasteiger partial charge in [0.05, 0.1) is 18.3 Å². The molecule has 0 saturated heterocycles. The number of hydrogen-bond donors (Lipinski definition) is 0. The van der Waals surface area contributed by atoms with Gasteiger partial charge in [-0.25, -0.2) is 0 Å². The van der Waals surface area contributed by atoms with Gasteiger partial charge in [0.1, 0.15) is 0 Å². The molecule has 0 bridgehead atoms. The Morgan fingerprint density at radius 3 is 2.17 bits per heavy atom. The average molecular weight is 204 g/mol. The smallest absolute Gasteiger partial charge is 0.266 e. The van der Waals surface area contributed by atoms with Crippen molar-refractivity contribution in [3.05, 3.63) is 0 Å². The van der Waals surface area contributed by atoms with Gasteiger partial charge in [-0.2, -0.15) is 21.6 Å². The van der Waals surface area contributed by atoms with Crippen LogP contribution in [0.1, 0.15) is 6.42 Å². The monoisotopic (exact) mass is 204 g/mol. The molecule has 1 saturated carbocycles. The van der Waals surface area contributed by atoms with Crippen LogP contribution in [0.2, 0.25) is 0 Å². The van der Waals surface area contributed by atoms with Crippen molar-refractivity contribution in [2.45, 2.75) is 18.7 Å². The van der Waals surface area contributed by atoms with Crippen LogP contribution >= 0.6 is 0 Å². The molecule has 0 N–H and O–H groups in total. The second-order valence-corrected chi connectivity index (χ2v) is 4.32. The Hall–Kier alpha value is -0.300. The van der Waals surface area contributed by atoms with Crippen molar-refractivity contribution >= 4 is 10.1 Å². The third kappa shape index (κ3) is 2.63. The maximum absolute atomic E-state index is 11.8. The van der Waals surface area contributed by atoms with Crippen LogP contribution in [0.4, 0.5) is 13.2 Å². The van der Waals surface area contributed by atoms with Gasteiger partial charge in [0.25, 0.3) is 10.1 Å². The predicted octanol–water partition coefficient (Wildman–Crippen LogP) is 0.913. The van der Waals surface area contributed by atoms with E-state index < -0.39 is 28.3 Å². The van der Waals surface area contributed by atoms with Crippen molar-refractivity contribution < 1.29 is 25.8 Å². The van der Waals surface area contributed by atoms with Crippen molar-refractivity contribution in [2.75, 3.05) is 6.26 Å². The first-order valence-corrected chi connectivity index (χ1v) is 4.97. The van der Waals surface area contributed by atoms with Gasteiger partial charge in [-0.15, -0.1) is 0 Å². The highest BCUT2D eigenvalue weighted by atomic mass is 32.2. The van der Waals surface area contributed by atoms with Crippen LogP contribution in [0.5, 0.6) is 0 Å². The molecule has 3 nitrogen and oxygen atoms in total. The molecule has 0 aliphatic heterocycles. The van der Waals surface area contributed by atoms with Gasteiger partial charge in [0.2, 0.25) is 0 Å². The van der Waals surface area contributed by atoms with Gasteiger partial charge in [0.15, 0.2) is 0 Å². The lowest BCUT2D eigenvalue weighted by molar-refractivity contribution is -0.153. The van der Waals surface area contributed by atoms with Gasteiger partial charge in [-0.1, -0.05) is 0 Å². The van der Waals surface area contributed by atoms with Crippen molar-refractivity contribution in [1.82, 2.24) is 0 Å². The number of rotatable bonds is 2. The van der Waals surface area contributed by atoms with Gasteiger partial charge < -0.3 is 0 Å². The Balaban J connectivity index is 2.45. The Bertz CT molecular complexity index is 268. The predicted molar refractivity (Wildman–Crippen MR) is 33.9 cm³/mol. The van der Waals surface area contributed by atoms with Crippen molar-refractivity contribution in [3.8, 4) is 0 Å². The third-order valence-corrected chi connectivity index (χ3v) is 2.05. The SMILES string of the molecule is CS(=O)(=O)OC1CC1C(F)(F)F. The lowest BCUT2D eigenvalue weighted by Gasteiger charge is -2.03. The molecule has 72 valence electrons. The zero-order chi connectivity index (χ0) is 9.57. The molecule has 1 aliphatic carbocycles. The molecular formula is C5H7F3O3S. The molecule has 1 aliphatic rings. The van der Waals surface area contributed by atoms with Crippen LogP contribution < -0.4 is 0 Å². The fourth-order valence-electron chi connectivity index (χ4n) is 0.847. The van der Waals surface area contributed by atoms with Crippen LogP contribution in [-0.2, 0) is 14.3 Å². The maximum Gasteiger partial charge on any atom is 0.394 e. The molecule has 0 radical (unpaired) electrons. The molecule has 1 fully saturated rings. The topological polar surface area (TPSA) is 43.4 Å². The fraction of sp³-hybridized carbons (Fsp3) is 1.00. The summed E-state index contributed by atoms with van der Waals surface area (Å²) in [5.41, 5.74) is 0. The largest absolute Gasteiger partial charge is 0.394 e. The zero-order valence-corrected chi connectivity index (χ0v) is 6.95. The number of halogens is 3. The lowest BCUT2D eigenvalue weighted by Crippen LogP contribution is -2.16. The minimum Gasteiger partial charge on any atom is -0.266 e. The van der Waals surface area contributed by atoms with E-state index in [-0.39, 0.29) is 6.42 Å². The highest BCUT2D eigenvalue weighted by molar-refractivity contribution is 7.86. The van der Waals surface area contributed by atoms with Crippen LogP contribution in [0.15, 0.2) is 0 Å². The van der Waals surface area contributed by atoms with Gasteiger partial charge in [0, 0.05) is 0 Å². The fourth-order valence-corrected chi connectivity index (χ4v) is 1.51. The van der Waals surface area contributed by atoms with Crippen LogP contribution in [0.25, 0.3) is 0 Å². The van der Waals surface area contributed by atoms with Crippen molar-refractivity contribution in [3.63, 3.8) is 0 Å². The molecule has 0 amide bonds. The van der Waals surface area contributed by atoms with Gasteiger partial charge in [-0.3, -0.25) is 4.18 Å². The summed E-state index contributed by atoms with van der Waals surface area (Å²) in [4.78, 5) is 0. The molecule has 0 aromatic rings. The summed E-state index contributed by atoms with van der Waals surface area (Å²) in [6.45, 7) is 0. The normalized spacial score (nSPS) is 30.3. The van der Waals surface area contributed by atoms with Crippen molar-refractivity contribution in [1.29, 1.82) is 0 Å². The Morgan fingerprint density at radius 1 is 1.42 bits per heavy atom. The number of hydrogen-bond acceptors (Lipinski definition) is 3. The summed E-state index contributed by atoms with van der Waals surface area (Å²) in [6, 6.07) is 0. The second kappa shape index (κ2) is 2.59. The molecule has 0 heterocycles. The molecule has 12 heavy (non-hydrogen) atoms. The van der Waals surface area contributed by atoms with Crippen LogP contribution in [0, 0.1) is 5.92 Å². The average Bonchev–Trinajstić information content (AvgIpc) is 2.37. The molecule has 2 atom stereocenters. The molecule has 2 unspecified atom stereocenters. The Labute approximate surface area is 67.6 Å². The molecule has 7 heteroatoms. The first-order valence-electron chi connectivity index (χ1n) is 3.15. The highest BCUT2D eigenvalue weighted by Gasteiger charge is 2.58. The van der Waals surface area contributed by atoms with Gasteiger partial charge in [-0.05, 0) is 6.42 Å². The van der Waals surface area contributed by atoms with E-state index >= 15 is 0 Å². The van der Waals surface area contributed by atoms with E-state index in [1.54, 1.807) is 0 Å². The van der Waals surface area contributed by atoms with Crippen LogP contribution in [-0.4, -0.2) is 27.0 Å². The van der Waals surface area contributed by atoms with E-state index in [0.717, 1.165) is 6.26 Å². The van der Waals surface area contributed by atoms with E-state index in [9.17, 15) is 21.6 Å². The molecule has 0 spiro atoms. The standard InChI is InChI=1S/C5H7F3O3S/c1-12(9,10)11-4-2-3(4)5(6,7)8/h3-4H,2H2,1H3. The van der Waals surface area contributed by atoms with E-state index in [2.05, 4.69) is 4.18 Å². The highest BCUT2D eigenvalue weighted by Crippen LogP contribution is 2.46. The summed E-state index contributed by atoms with van der Waals surface area (Å²) in [6.07, 6.45) is -5.05. The summed E-state index contributed by atoms with van der Waals surface area (Å²) < 4.78 is 60.2. The van der Waals surface area contributed by atoms with Crippen molar-refractivity contribution in [2.24, 2.45) is 5.92 Å². The molecule has 1 rings (SSSR count). The summed E-state index contributed by atoms with van der Waals surface area (Å²) in [7, 11) is -3.75. The van der Waals surface area contributed by atoms with E-state index in [0.29, 0.717) is 0 Å². The Morgan fingerprint density at radius 2 is 1.92 bits per heavy atom. The maximum atomic E-state index is 11.8. The molecular weight excluding hydrogens is 197 g/mol. The minimum absolute atomic E-state index is 0.253. The van der Waals surface area contributed by atoms with Crippen LogP contribution in [0.3, 0.4) is 0 Å². The second-order valence-electron chi connectivity index (χ2n) is 2.72. The number of alkyl halides is 3. The minimum atomic E-state index is -4.34. The quantitative estimate of drug-likeness (QED) is 0.628.